The summed E-state index contributed by atoms with van der Waals surface area (Å²) in [4.78, 5) is 17.2. The fourth-order valence-electron chi connectivity index (χ4n) is 5.91. The lowest BCUT2D eigenvalue weighted by Gasteiger charge is -2.15. The SMILES string of the molecule is CCCCCCCCCCCCCCOc1ccc(C(=O)NCc2ccccn2)cc1OCCCCCCCCCCCCCC. The maximum Gasteiger partial charge on any atom is 0.251 e. The van der Waals surface area contributed by atoms with E-state index in [-0.39, 0.29) is 5.91 Å². The van der Waals surface area contributed by atoms with Crippen LogP contribution in [-0.4, -0.2) is 24.1 Å². The van der Waals surface area contributed by atoms with E-state index in [0.29, 0.717) is 31.1 Å². The van der Waals surface area contributed by atoms with Gasteiger partial charge in [0.15, 0.2) is 11.5 Å². The Hall–Kier alpha value is -2.56. The van der Waals surface area contributed by atoms with Gasteiger partial charge in [-0.2, -0.15) is 0 Å². The number of benzene rings is 1. The number of nitrogens with zero attached hydrogens (tertiary/aromatic N) is 1. The molecule has 260 valence electrons. The molecule has 1 aromatic carbocycles. The normalized spacial score (nSPS) is 11.1. The van der Waals surface area contributed by atoms with Crippen molar-refractivity contribution < 1.29 is 14.3 Å². The average Bonchev–Trinajstić information content (AvgIpc) is 3.08. The topological polar surface area (TPSA) is 60.5 Å². The zero-order chi connectivity index (χ0) is 32.8. The summed E-state index contributed by atoms with van der Waals surface area (Å²) in [6.07, 6.45) is 33.5. The highest BCUT2D eigenvalue weighted by atomic mass is 16.5. The van der Waals surface area contributed by atoms with Crippen molar-refractivity contribution in [2.24, 2.45) is 0 Å². The molecule has 0 saturated heterocycles. The van der Waals surface area contributed by atoms with Crippen LogP contribution < -0.4 is 14.8 Å². The lowest BCUT2D eigenvalue weighted by atomic mass is 10.1. The van der Waals surface area contributed by atoms with Gasteiger partial charge in [-0.1, -0.05) is 161 Å². The maximum atomic E-state index is 12.9. The first-order chi connectivity index (χ1) is 22.7. The Morgan fingerprint density at radius 1 is 0.565 bits per heavy atom. The molecule has 0 spiro atoms. The highest BCUT2D eigenvalue weighted by molar-refractivity contribution is 5.94. The summed E-state index contributed by atoms with van der Waals surface area (Å²) in [5.41, 5.74) is 1.42. The van der Waals surface area contributed by atoms with Gasteiger partial charge in [0, 0.05) is 11.8 Å². The second-order valence-electron chi connectivity index (χ2n) is 13.1. The first-order valence-corrected chi connectivity index (χ1v) is 19.3. The van der Waals surface area contributed by atoms with Gasteiger partial charge in [0.1, 0.15) is 0 Å². The van der Waals surface area contributed by atoms with E-state index in [2.05, 4.69) is 24.1 Å². The summed E-state index contributed by atoms with van der Waals surface area (Å²) in [6.45, 7) is 6.28. The molecule has 2 aromatic rings. The molecule has 46 heavy (non-hydrogen) atoms. The van der Waals surface area contributed by atoms with Crippen molar-refractivity contribution in [3.63, 3.8) is 0 Å². The van der Waals surface area contributed by atoms with Crippen LogP contribution in [0.25, 0.3) is 0 Å². The van der Waals surface area contributed by atoms with Gasteiger partial charge in [-0.3, -0.25) is 9.78 Å². The summed E-state index contributed by atoms with van der Waals surface area (Å²) in [5, 5.41) is 2.98. The van der Waals surface area contributed by atoms with Gasteiger partial charge in [0.2, 0.25) is 0 Å². The molecule has 5 nitrogen and oxygen atoms in total. The van der Waals surface area contributed by atoms with Crippen molar-refractivity contribution in [2.75, 3.05) is 13.2 Å². The Bertz CT molecular complexity index is 981. The number of carbonyl (C=O) groups excluding carboxylic acids is 1. The van der Waals surface area contributed by atoms with Crippen molar-refractivity contribution in [3.8, 4) is 11.5 Å². The molecule has 0 radical (unpaired) electrons. The molecule has 0 fully saturated rings. The van der Waals surface area contributed by atoms with Gasteiger partial charge < -0.3 is 14.8 Å². The Kier molecular flexibility index (Phi) is 24.7. The number of hydrogen-bond donors (Lipinski definition) is 1. The largest absolute Gasteiger partial charge is 0.490 e. The third kappa shape index (κ3) is 20.5. The predicted molar refractivity (Wildman–Crippen MR) is 195 cm³/mol. The number of nitrogens with one attached hydrogen (secondary N) is 1. The zero-order valence-electron chi connectivity index (χ0n) is 29.8. The number of ether oxygens (including phenoxy) is 2. The summed E-state index contributed by atoms with van der Waals surface area (Å²) in [6, 6.07) is 11.3. The number of carbonyl (C=O) groups is 1. The number of pyridine rings is 1. The summed E-state index contributed by atoms with van der Waals surface area (Å²) < 4.78 is 12.4. The second kappa shape index (κ2) is 28.6. The van der Waals surface area contributed by atoms with Gasteiger partial charge >= 0.3 is 0 Å². The molecule has 0 unspecified atom stereocenters. The molecule has 0 atom stereocenters. The Balaban J connectivity index is 1.70. The first kappa shape index (κ1) is 39.6. The second-order valence-corrected chi connectivity index (χ2v) is 13.1. The van der Waals surface area contributed by atoms with E-state index in [1.165, 1.54) is 141 Å². The molecule has 1 amide bonds. The minimum atomic E-state index is -0.131. The minimum absolute atomic E-state index is 0.131. The van der Waals surface area contributed by atoms with Gasteiger partial charge in [-0.05, 0) is 43.2 Å². The van der Waals surface area contributed by atoms with E-state index in [1.54, 1.807) is 6.20 Å². The Labute approximate surface area is 283 Å². The molecule has 0 aliphatic carbocycles. The van der Waals surface area contributed by atoms with Crippen LogP contribution >= 0.6 is 0 Å². The van der Waals surface area contributed by atoms with Crippen molar-refractivity contribution in [1.82, 2.24) is 10.3 Å². The third-order valence-corrected chi connectivity index (χ3v) is 8.87. The average molecular weight is 637 g/mol. The van der Waals surface area contributed by atoms with Gasteiger partial charge in [0.05, 0.1) is 25.5 Å². The van der Waals surface area contributed by atoms with Crippen LogP contribution in [0.5, 0.6) is 11.5 Å². The molecule has 0 aliphatic rings. The predicted octanol–water partition coefficient (Wildman–Crippen LogP) is 12.2. The maximum absolute atomic E-state index is 12.9. The number of hydrogen-bond acceptors (Lipinski definition) is 4. The molecule has 2 rings (SSSR count). The van der Waals surface area contributed by atoms with Crippen LogP contribution in [0.1, 0.15) is 184 Å². The molecule has 1 heterocycles. The Morgan fingerprint density at radius 3 is 1.48 bits per heavy atom. The van der Waals surface area contributed by atoms with Crippen molar-refractivity contribution in [2.45, 2.75) is 174 Å². The van der Waals surface area contributed by atoms with Gasteiger partial charge in [-0.15, -0.1) is 0 Å². The summed E-state index contributed by atoms with van der Waals surface area (Å²) in [5.74, 6) is 1.28. The van der Waals surface area contributed by atoms with E-state index in [4.69, 9.17) is 9.47 Å². The molecule has 0 saturated carbocycles. The van der Waals surface area contributed by atoms with E-state index in [9.17, 15) is 4.79 Å². The van der Waals surface area contributed by atoms with Crippen LogP contribution in [-0.2, 0) is 6.54 Å². The summed E-state index contributed by atoms with van der Waals surface area (Å²) in [7, 11) is 0. The lowest BCUT2D eigenvalue weighted by molar-refractivity contribution is 0.0950. The van der Waals surface area contributed by atoms with E-state index >= 15 is 0 Å². The number of aromatic nitrogens is 1. The molecular weight excluding hydrogens is 568 g/mol. The molecule has 0 aliphatic heterocycles. The van der Waals surface area contributed by atoms with E-state index in [1.807, 2.05) is 36.4 Å². The number of amides is 1. The molecule has 5 heteroatoms. The smallest absolute Gasteiger partial charge is 0.251 e. The van der Waals surface area contributed by atoms with Crippen LogP contribution in [0, 0.1) is 0 Å². The van der Waals surface area contributed by atoms with Crippen LogP contribution in [0.4, 0.5) is 0 Å². The van der Waals surface area contributed by atoms with Crippen molar-refractivity contribution in [1.29, 1.82) is 0 Å². The van der Waals surface area contributed by atoms with E-state index in [0.717, 1.165) is 24.3 Å². The van der Waals surface area contributed by atoms with Crippen molar-refractivity contribution in [3.05, 3.63) is 53.9 Å². The minimum Gasteiger partial charge on any atom is -0.490 e. The quantitative estimate of drug-likeness (QED) is 0.0837. The number of unbranched alkanes of at least 4 members (excludes halogenated alkanes) is 22. The van der Waals surface area contributed by atoms with Crippen LogP contribution in [0.3, 0.4) is 0 Å². The summed E-state index contributed by atoms with van der Waals surface area (Å²) >= 11 is 0. The lowest BCUT2D eigenvalue weighted by Crippen LogP contribution is -2.23. The fraction of sp³-hybridized carbons (Fsp3) is 0.707. The van der Waals surface area contributed by atoms with Crippen LogP contribution in [0.2, 0.25) is 0 Å². The van der Waals surface area contributed by atoms with E-state index < -0.39 is 0 Å². The standard InChI is InChI=1S/C41H68N2O3/c1-3-5-7-9-11-13-15-17-19-21-23-27-33-45-39-31-30-37(41(44)43-36-38-29-25-26-32-42-38)35-40(39)46-34-28-24-22-20-18-16-14-12-10-8-6-4-2/h25-26,29-32,35H,3-24,27-28,33-34,36H2,1-2H3,(H,43,44). The molecular formula is C41H68N2O3. The molecule has 0 bridgehead atoms. The highest BCUT2D eigenvalue weighted by Crippen LogP contribution is 2.29. The molecule has 1 aromatic heterocycles. The first-order valence-electron chi connectivity index (χ1n) is 19.3. The Morgan fingerprint density at radius 2 is 1.02 bits per heavy atom. The number of rotatable bonds is 31. The van der Waals surface area contributed by atoms with Gasteiger partial charge in [-0.25, -0.2) is 0 Å². The fourth-order valence-corrected chi connectivity index (χ4v) is 5.91. The molecule has 1 N–H and O–H groups in total. The highest BCUT2D eigenvalue weighted by Gasteiger charge is 2.12. The zero-order valence-corrected chi connectivity index (χ0v) is 29.8. The van der Waals surface area contributed by atoms with Crippen molar-refractivity contribution >= 4 is 5.91 Å². The third-order valence-electron chi connectivity index (χ3n) is 8.87. The van der Waals surface area contributed by atoms with Gasteiger partial charge in [0.25, 0.3) is 5.91 Å². The van der Waals surface area contributed by atoms with Crippen LogP contribution in [0.15, 0.2) is 42.6 Å². The monoisotopic (exact) mass is 637 g/mol.